The summed E-state index contributed by atoms with van der Waals surface area (Å²) in [7, 11) is 0. The van der Waals surface area contributed by atoms with E-state index in [2.05, 4.69) is 49.8 Å². The van der Waals surface area contributed by atoms with Gasteiger partial charge in [0.25, 0.3) is 0 Å². The second-order valence-corrected chi connectivity index (χ2v) is 8.27. The van der Waals surface area contributed by atoms with E-state index in [9.17, 15) is 4.79 Å². The molecule has 3 rings (SSSR count). The number of hydrogen-bond acceptors (Lipinski definition) is 4. The highest BCUT2D eigenvalue weighted by Crippen LogP contribution is 2.41. The molecule has 2 aromatic carbocycles. The van der Waals surface area contributed by atoms with E-state index in [0.717, 1.165) is 18.5 Å². The molecule has 29 heavy (non-hydrogen) atoms. The van der Waals surface area contributed by atoms with Crippen molar-refractivity contribution in [3.8, 4) is 5.75 Å². The van der Waals surface area contributed by atoms with Gasteiger partial charge in [0, 0.05) is 23.9 Å². The van der Waals surface area contributed by atoms with Gasteiger partial charge in [-0.1, -0.05) is 64.1 Å². The van der Waals surface area contributed by atoms with Crippen molar-refractivity contribution in [3.05, 3.63) is 89.5 Å². The van der Waals surface area contributed by atoms with Crippen LogP contribution in [0.4, 0.5) is 0 Å². The number of ether oxygens (including phenoxy) is 1. The second-order valence-electron chi connectivity index (χ2n) is 8.27. The zero-order valence-electron chi connectivity index (χ0n) is 17.5. The average Bonchev–Trinajstić information content (AvgIpc) is 2.73. The smallest absolute Gasteiger partial charge is 0.169 e. The van der Waals surface area contributed by atoms with E-state index in [1.807, 2.05) is 36.4 Å². The molecule has 0 saturated carbocycles. The largest absolute Gasteiger partial charge is 0.482 e. The van der Waals surface area contributed by atoms with E-state index in [1.54, 1.807) is 18.5 Å². The Morgan fingerprint density at radius 3 is 1.97 bits per heavy atom. The second kappa shape index (κ2) is 8.99. The van der Waals surface area contributed by atoms with Gasteiger partial charge in [0.2, 0.25) is 0 Å². The molecule has 0 amide bonds. The average molecular weight is 389 g/mol. The molecule has 4 nitrogen and oxygen atoms in total. The highest BCUT2D eigenvalue weighted by Gasteiger charge is 2.28. The molecule has 3 aromatic rings. The van der Waals surface area contributed by atoms with E-state index >= 15 is 0 Å². The maximum Gasteiger partial charge on any atom is 0.169 e. The Morgan fingerprint density at radius 1 is 0.931 bits per heavy atom. The molecule has 150 valence electrons. The topological polar surface area (TPSA) is 52.1 Å². The van der Waals surface area contributed by atoms with Crippen molar-refractivity contribution in [2.24, 2.45) is 5.41 Å². The number of rotatable bonds is 7. The summed E-state index contributed by atoms with van der Waals surface area (Å²) in [5, 5.41) is 0. The molecule has 0 fully saturated rings. The van der Waals surface area contributed by atoms with Gasteiger partial charge in [-0.15, -0.1) is 0 Å². The maximum absolute atomic E-state index is 11.0. The summed E-state index contributed by atoms with van der Waals surface area (Å²) >= 11 is 0. The van der Waals surface area contributed by atoms with Crippen LogP contribution in [0.5, 0.6) is 5.75 Å². The quantitative estimate of drug-likeness (QED) is 0.466. The van der Waals surface area contributed by atoms with Crippen molar-refractivity contribution in [2.75, 3.05) is 0 Å². The molecule has 2 atom stereocenters. The summed E-state index contributed by atoms with van der Waals surface area (Å²) in [6.07, 6.45) is 4.97. The molecule has 0 saturated heterocycles. The number of carbonyl (C=O) groups excluding carboxylic acids is 1. The van der Waals surface area contributed by atoms with Crippen molar-refractivity contribution in [3.63, 3.8) is 0 Å². The lowest BCUT2D eigenvalue weighted by atomic mass is 9.72. The molecule has 0 aliphatic carbocycles. The molecule has 0 radical (unpaired) electrons. The minimum Gasteiger partial charge on any atom is -0.482 e. The van der Waals surface area contributed by atoms with Crippen LogP contribution < -0.4 is 4.74 Å². The first kappa shape index (κ1) is 20.7. The third-order valence-corrected chi connectivity index (χ3v) is 5.01. The fourth-order valence-corrected chi connectivity index (χ4v) is 3.66. The molecule has 0 aliphatic rings. The monoisotopic (exact) mass is 388 g/mol. The highest BCUT2D eigenvalue weighted by molar-refractivity contribution is 5.74. The van der Waals surface area contributed by atoms with Crippen LogP contribution in [0, 0.1) is 5.41 Å². The van der Waals surface area contributed by atoms with Crippen LogP contribution in [0.15, 0.2) is 67.0 Å². The van der Waals surface area contributed by atoms with Crippen LogP contribution in [0.2, 0.25) is 0 Å². The lowest BCUT2D eigenvalue weighted by Crippen LogP contribution is -2.19. The Bertz CT molecular complexity index is 914. The first-order valence-electron chi connectivity index (χ1n) is 10.0. The van der Waals surface area contributed by atoms with Crippen LogP contribution in [0.25, 0.3) is 0 Å². The Morgan fingerprint density at radius 2 is 1.48 bits per heavy atom. The van der Waals surface area contributed by atoms with Gasteiger partial charge in [0.05, 0.1) is 0 Å². The molecule has 1 aromatic heterocycles. The molecule has 2 unspecified atom stereocenters. The predicted octanol–water partition coefficient (Wildman–Crippen LogP) is 6.00. The van der Waals surface area contributed by atoms with Crippen molar-refractivity contribution in [1.82, 2.24) is 9.97 Å². The Kier molecular flexibility index (Phi) is 6.42. The number of nitrogens with zero attached hydrogens (tertiary/aromatic N) is 2. The van der Waals surface area contributed by atoms with Crippen LogP contribution in [-0.4, -0.2) is 16.3 Å². The standard InChI is InChI=1S/C25H28N2O2/c1-5-22(24-26-15-6-16-27-24)29-21-13-11-20(12-14-21)23(25(2,3)4)19-9-7-18(17-28)8-10-19/h6-17,22-23H,5H2,1-4H3. The first-order chi connectivity index (χ1) is 13.9. The van der Waals surface area contributed by atoms with E-state index in [1.165, 1.54) is 11.1 Å². The molecule has 4 heteroatoms. The van der Waals surface area contributed by atoms with Crippen LogP contribution in [-0.2, 0) is 0 Å². The minimum absolute atomic E-state index is 0.0227. The Balaban J connectivity index is 1.84. The van der Waals surface area contributed by atoms with Gasteiger partial charge in [0.15, 0.2) is 11.9 Å². The van der Waals surface area contributed by atoms with Gasteiger partial charge in [-0.25, -0.2) is 9.97 Å². The summed E-state index contributed by atoms with van der Waals surface area (Å²) in [5.41, 5.74) is 3.13. The number of carbonyl (C=O) groups is 1. The normalized spacial score (nSPS) is 13.5. The number of aldehydes is 1. The van der Waals surface area contributed by atoms with Gasteiger partial charge in [0.1, 0.15) is 12.0 Å². The predicted molar refractivity (Wildman–Crippen MR) is 115 cm³/mol. The summed E-state index contributed by atoms with van der Waals surface area (Å²) in [4.78, 5) is 19.6. The molecule has 0 aliphatic heterocycles. The zero-order valence-corrected chi connectivity index (χ0v) is 17.5. The van der Waals surface area contributed by atoms with E-state index in [0.29, 0.717) is 11.4 Å². The summed E-state index contributed by atoms with van der Waals surface area (Å²) < 4.78 is 6.14. The lowest BCUT2D eigenvalue weighted by Gasteiger charge is -2.32. The van der Waals surface area contributed by atoms with Crippen LogP contribution in [0.3, 0.4) is 0 Å². The van der Waals surface area contributed by atoms with Gasteiger partial charge < -0.3 is 4.74 Å². The third kappa shape index (κ3) is 5.08. The van der Waals surface area contributed by atoms with Gasteiger partial charge >= 0.3 is 0 Å². The Hall–Kier alpha value is -3.01. The molecule has 0 spiro atoms. The van der Waals surface area contributed by atoms with Crippen molar-refractivity contribution < 1.29 is 9.53 Å². The molecular formula is C25H28N2O2. The van der Waals surface area contributed by atoms with Crippen molar-refractivity contribution >= 4 is 6.29 Å². The van der Waals surface area contributed by atoms with E-state index < -0.39 is 0 Å². The summed E-state index contributed by atoms with van der Waals surface area (Å²) in [6, 6.07) is 17.9. The van der Waals surface area contributed by atoms with Crippen molar-refractivity contribution in [1.29, 1.82) is 0 Å². The summed E-state index contributed by atoms with van der Waals surface area (Å²) in [6.45, 7) is 8.76. The molecule has 0 bridgehead atoms. The number of hydrogen-bond donors (Lipinski definition) is 0. The van der Waals surface area contributed by atoms with Crippen LogP contribution >= 0.6 is 0 Å². The van der Waals surface area contributed by atoms with Gasteiger partial charge in [-0.2, -0.15) is 0 Å². The third-order valence-electron chi connectivity index (χ3n) is 5.01. The number of benzene rings is 2. The molecule has 0 N–H and O–H groups in total. The molecule has 1 heterocycles. The Labute approximate surface area is 173 Å². The minimum atomic E-state index is -0.170. The van der Waals surface area contributed by atoms with Gasteiger partial charge in [-0.05, 0) is 41.2 Å². The fourth-order valence-electron chi connectivity index (χ4n) is 3.66. The maximum atomic E-state index is 11.0. The van der Waals surface area contributed by atoms with Gasteiger partial charge in [-0.3, -0.25) is 4.79 Å². The lowest BCUT2D eigenvalue weighted by molar-refractivity contribution is 0.112. The fraction of sp³-hybridized carbons (Fsp3) is 0.320. The molecular weight excluding hydrogens is 360 g/mol. The zero-order chi connectivity index (χ0) is 20.9. The first-order valence-corrected chi connectivity index (χ1v) is 10.0. The van der Waals surface area contributed by atoms with Crippen LogP contribution in [0.1, 0.15) is 73.4 Å². The van der Waals surface area contributed by atoms with Crippen molar-refractivity contribution in [2.45, 2.75) is 46.1 Å². The van der Waals surface area contributed by atoms with E-state index in [-0.39, 0.29) is 17.4 Å². The highest BCUT2D eigenvalue weighted by atomic mass is 16.5. The SMILES string of the molecule is CCC(Oc1ccc(C(c2ccc(C=O)cc2)C(C)(C)C)cc1)c1ncccn1. The van der Waals surface area contributed by atoms with E-state index in [4.69, 9.17) is 4.74 Å². The summed E-state index contributed by atoms with van der Waals surface area (Å²) in [5.74, 6) is 1.70. The number of aromatic nitrogens is 2.